The Kier molecular flexibility index (Phi) is 10.1. The van der Waals surface area contributed by atoms with Crippen LogP contribution in [-0.2, 0) is 33.4 Å². The predicted molar refractivity (Wildman–Crippen MR) is 132 cm³/mol. The Labute approximate surface area is 223 Å². The van der Waals surface area contributed by atoms with Crippen molar-refractivity contribution in [2.45, 2.75) is 44.0 Å². The number of nitrogens with zero attached hydrogens (tertiary/aromatic N) is 2. The number of rotatable bonds is 11. The summed E-state index contributed by atoms with van der Waals surface area (Å²) in [6.45, 7) is -0.363. The Morgan fingerprint density at radius 3 is 2.42 bits per heavy atom. The lowest BCUT2D eigenvalue weighted by Gasteiger charge is -2.31. The van der Waals surface area contributed by atoms with Gasteiger partial charge in [0.05, 0.1) is 29.5 Å². The molecule has 1 aliphatic rings. The van der Waals surface area contributed by atoms with Crippen LogP contribution < -0.4 is 0 Å². The van der Waals surface area contributed by atoms with Crippen molar-refractivity contribution >= 4 is 21.6 Å². The molecule has 1 aliphatic heterocycles. The van der Waals surface area contributed by atoms with Crippen LogP contribution in [0.2, 0.25) is 5.02 Å². The first-order chi connectivity index (χ1) is 17.7. The van der Waals surface area contributed by atoms with Crippen LogP contribution in [0.25, 0.3) is 0 Å². The molecule has 3 rings (SSSR count). The quantitative estimate of drug-likeness (QED) is 0.242. The van der Waals surface area contributed by atoms with Gasteiger partial charge in [-0.1, -0.05) is 35.9 Å². The molecular weight excluding hydrogens is 558 g/mol. The lowest BCUT2D eigenvalue weighted by Crippen LogP contribution is -2.43. The van der Waals surface area contributed by atoms with Crippen LogP contribution in [0.4, 0.5) is 26.3 Å². The highest BCUT2D eigenvalue weighted by Crippen LogP contribution is 2.37. The Morgan fingerprint density at radius 1 is 1.11 bits per heavy atom. The molecule has 0 radical (unpaired) electrons. The normalized spacial score (nSPS) is 17.8. The first-order valence-electron chi connectivity index (χ1n) is 11.9. The molecule has 0 N–H and O–H groups in total. The second-order valence-electron chi connectivity index (χ2n) is 9.31. The summed E-state index contributed by atoms with van der Waals surface area (Å²) in [7, 11) is -3.36. The number of alkyl halides is 5. The van der Waals surface area contributed by atoms with E-state index in [2.05, 4.69) is 0 Å². The van der Waals surface area contributed by atoms with Crippen molar-refractivity contribution in [1.29, 1.82) is 0 Å². The van der Waals surface area contributed by atoms with Crippen molar-refractivity contribution < 1.29 is 39.5 Å². The van der Waals surface area contributed by atoms with Gasteiger partial charge in [0.1, 0.15) is 5.82 Å². The summed E-state index contributed by atoms with van der Waals surface area (Å²) in [6, 6.07) is 7.08. The lowest BCUT2D eigenvalue weighted by atomic mass is 10.1. The molecule has 1 atom stereocenters. The fourth-order valence-corrected chi connectivity index (χ4v) is 5.51. The first kappa shape index (κ1) is 30.7. The Bertz CT molecular complexity index is 1180. The molecule has 0 aromatic heterocycles. The van der Waals surface area contributed by atoms with Crippen molar-refractivity contribution in [3.63, 3.8) is 0 Å². The van der Waals surface area contributed by atoms with Crippen molar-refractivity contribution in [2.24, 2.45) is 0 Å². The second kappa shape index (κ2) is 12.5. The van der Waals surface area contributed by atoms with Gasteiger partial charge in [-0.15, -0.1) is 0 Å². The minimum Gasteiger partial charge on any atom is -0.377 e. The molecule has 0 spiro atoms. The van der Waals surface area contributed by atoms with Gasteiger partial charge in [-0.05, 0) is 43.0 Å². The van der Waals surface area contributed by atoms with Gasteiger partial charge in [0.25, 0.3) is 5.92 Å². The van der Waals surface area contributed by atoms with E-state index in [4.69, 9.17) is 16.3 Å². The monoisotopic (exact) mass is 586 g/mol. The maximum atomic E-state index is 15.1. The molecule has 1 fully saturated rings. The third-order valence-corrected chi connectivity index (χ3v) is 7.96. The van der Waals surface area contributed by atoms with Gasteiger partial charge in [-0.3, -0.25) is 4.90 Å². The number of sulfonamides is 1. The van der Waals surface area contributed by atoms with Crippen LogP contribution in [0, 0.1) is 5.82 Å². The largest absolute Gasteiger partial charge is 0.417 e. The molecule has 38 heavy (non-hydrogen) atoms. The number of benzene rings is 2. The van der Waals surface area contributed by atoms with E-state index >= 15 is 8.78 Å². The molecule has 0 aliphatic carbocycles. The molecular formula is C25H29ClF6N2O3S. The maximum Gasteiger partial charge on any atom is 0.417 e. The summed E-state index contributed by atoms with van der Waals surface area (Å²) >= 11 is 6.00. The average Bonchev–Trinajstić information content (AvgIpc) is 2.82. The molecule has 13 heteroatoms. The molecule has 2 aromatic carbocycles. The summed E-state index contributed by atoms with van der Waals surface area (Å²) < 4.78 is 114. The van der Waals surface area contributed by atoms with Crippen LogP contribution >= 0.6 is 11.6 Å². The molecule has 2 aromatic rings. The van der Waals surface area contributed by atoms with Crippen LogP contribution in [0.15, 0.2) is 42.5 Å². The van der Waals surface area contributed by atoms with Crippen molar-refractivity contribution in [1.82, 2.24) is 9.21 Å². The molecule has 1 heterocycles. The topological polar surface area (TPSA) is 49.9 Å². The van der Waals surface area contributed by atoms with Crippen molar-refractivity contribution in [3.8, 4) is 0 Å². The van der Waals surface area contributed by atoms with E-state index in [1.165, 1.54) is 21.3 Å². The molecule has 0 bridgehead atoms. The molecule has 1 unspecified atom stereocenters. The van der Waals surface area contributed by atoms with Gasteiger partial charge in [-0.25, -0.2) is 12.8 Å². The van der Waals surface area contributed by atoms with Gasteiger partial charge < -0.3 is 4.74 Å². The second-order valence-corrected chi connectivity index (χ2v) is 11.7. The SMILES string of the molecule is CS(=O)(=O)N1CCCC(OCCCN(Cc2cccc(C(F)(F)F)c2Cl)CC(F)(F)c2ccc(F)cc2)C1. The van der Waals surface area contributed by atoms with Gasteiger partial charge in [-0.2, -0.15) is 26.3 Å². The van der Waals surface area contributed by atoms with Crippen molar-refractivity contribution in [2.75, 3.05) is 39.0 Å². The molecule has 0 amide bonds. The molecule has 0 saturated carbocycles. The summed E-state index contributed by atoms with van der Waals surface area (Å²) in [6.07, 6.45) is -2.40. The number of hydrogen-bond acceptors (Lipinski definition) is 4. The van der Waals surface area contributed by atoms with Gasteiger partial charge in [0.2, 0.25) is 10.0 Å². The zero-order valence-corrected chi connectivity index (χ0v) is 22.2. The van der Waals surface area contributed by atoms with E-state index in [1.807, 2.05) is 0 Å². The Morgan fingerprint density at radius 2 is 1.79 bits per heavy atom. The fourth-order valence-electron chi connectivity index (χ4n) is 4.32. The highest BCUT2D eigenvalue weighted by molar-refractivity contribution is 7.88. The molecule has 5 nitrogen and oxygen atoms in total. The maximum absolute atomic E-state index is 15.1. The summed E-state index contributed by atoms with van der Waals surface area (Å²) in [5.41, 5.74) is -1.45. The average molecular weight is 587 g/mol. The minimum atomic E-state index is -4.70. The predicted octanol–water partition coefficient (Wildman–Crippen LogP) is 5.92. The van der Waals surface area contributed by atoms with Gasteiger partial charge in [0, 0.05) is 38.3 Å². The van der Waals surface area contributed by atoms with E-state index < -0.39 is 50.6 Å². The van der Waals surface area contributed by atoms with Gasteiger partial charge in [0.15, 0.2) is 0 Å². The third-order valence-electron chi connectivity index (χ3n) is 6.25. The fraction of sp³-hybridized carbons (Fsp3) is 0.520. The number of hydrogen-bond donors (Lipinski definition) is 0. The van der Waals surface area contributed by atoms with E-state index in [-0.39, 0.29) is 44.3 Å². The van der Waals surface area contributed by atoms with E-state index in [0.29, 0.717) is 19.4 Å². The van der Waals surface area contributed by atoms with Crippen LogP contribution in [0.1, 0.15) is 36.0 Å². The smallest absolute Gasteiger partial charge is 0.377 e. The Balaban J connectivity index is 1.71. The van der Waals surface area contributed by atoms with Crippen LogP contribution in [0.3, 0.4) is 0 Å². The van der Waals surface area contributed by atoms with E-state index in [0.717, 1.165) is 36.6 Å². The Hall–Kier alpha value is -1.86. The minimum absolute atomic E-state index is 0.0336. The zero-order valence-electron chi connectivity index (χ0n) is 20.7. The number of ether oxygens (including phenoxy) is 1. The van der Waals surface area contributed by atoms with E-state index in [1.54, 1.807) is 0 Å². The van der Waals surface area contributed by atoms with Crippen molar-refractivity contribution in [3.05, 3.63) is 70.0 Å². The lowest BCUT2D eigenvalue weighted by molar-refractivity contribution is -0.137. The summed E-state index contributed by atoms with van der Waals surface area (Å²) in [5, 5.41) is -0.561. The van der Waals surface area contributed by atoms with Crippen LogP contribution in [0.5, 0.6) is 0 Å². The zero-order chi connectivity index (χ0) is 28.1. The highest BCUT2D eigenvalue weighted by Gasteiger charge is 2.36. The molecule has 212 valence electrons. The van der Waals surface area contributed by atoms with E-state index in [9.17, 15) is 26.0 Å². The third kappa shape index (κ3) is 8.57. The van der Waals surface area contributed by atoms with Crippen LogP contribution in [-0.4, -0.2) is 62.8 Å². The number of halogens is 7. The van der Waals surface area contributed by atoms with Gasteiger partial charge >= 0.3 is 6.18 Å². The summed E-state index contributed by atoms with van der Waals surface area (Å²) in [4.78, 5) is 1.28. The molecule has 1 saturated heterocycles. The standard InChI is InChI=1S/C25H29ClF6N2O3S/c1-38(35,36)34-13-3-6-21(16-34)37-14-4-12-33(17-24(28,29)19-8-10-20(27)11-9-19)15-18-5-2-7-22(23(18)26)25(30,31)32/h2,5,7-11,21H,3-4,6,12-17H2,1H3. The highest BCUT2D eigenvalue weighted by atomic mass is 35.5. The summed E-state index contributed by atoms with van der Waals surface area (Å²) in [5.74, 6) is -4.10. The number of piperidine rings is 1. The first-order valence-corrected chi connectivity index (χ1v) is 14.2.